The van der Waals surface area contributed by atoms with Gasteiger partial charge in [-0.1, -0.05) is 56.0 Å². The van der Waals surface area contributed by atoms with Gasteiger partial charge in [0.05, 0.1) is 19.1 Å². The summed E-state index contributed by atoms with van der Waals surface area (Å²) in [6.45, 7) is 1.47. The summed E-state index contributed by atoms with van der Waals surface area (Å²) >= 11 is 6.40. The lowest BCUT2D eigenvalue weighted by atomic mass is 9.95. The maximum atomic E-state index is 13.8. The molecule has 2 amide bonds. The molecule has 3 rings (SSSR count). The van der Waals surface area contributed by atoms with E-state index in [1.54, 1.807) is 42.5 Å². The third-order valence-corrected chi connectivity index (χ3v) is 8.18. The van der Waals surface area contributed by atoms with Gasteiger partial charge in [-0.3, -0.25) is 13.9 Å². The fourth-order valence-electron chi connectivity index (χ4n) is 4.64. The molecule has 0 bridgehead atoms. The summed E-state index contributed by atoms with van der Waals surface area (Å²) in [7, 11) is -2.29. The summed E-state index contributed by atoms with van der Waals surface area (Å²) in [6.07, 6.45) is 6.55. The van der Waals surface area contributed by atoms with Gasteiger partial charge in [-0.05, 0) is 55.2 Å². The van der Waals surface area contributed by atoms with Crippen LogP contribution in [0.1, 0.15) is 51.0 Å². The van der Waals surface area contributed by atoms with Crippen LogP contribution in [0.5, 0.6) is 5.75 Å². The number of sulfonamides is 1. The quantitative estimate of drug-likeness (QED) is 0.449. The van der Waals surface area contributed by atoms with E-state index in [-0.39, 0.29) is 18.5 Å². The Morgan fingerprint density at radius 2 is 1.73 bits per heavy atom. The Kier molecular flexibility index (Phi) is 10.2. The summed E-state index contributed by atoms with van der Waals surface area (Å²) in [5, 5.41) is 3.59. The number of hydrogen-bond donors (Lipinski definition) is 1. The van der Waals surface area contributed by atoms with Gasteiger partial charge < -0.3 is 15.0 Å². The van der Waals surface area contributed by atoms with Gasteiger partial charge in [0.2, 0.25) is 21.8 Å². The first-order valence-electron chi connectivity index (χ1n) is 12.6. The monoisotopic (exact) mass is 549 g/mol. The number of rotatable bonds is 11. The number of hydrogen-bond acceptors (Lipinski definition) is 5. The second-order valence-corrected chi connectivity index (χ2v) is 11.7. The Balaban J connectivity index is 1.91. The molecule has 1 N–H and O–H groups in total. The van der Waals surface area contributed by atoms with Crippen LogP contribution < -0.4 is 14.4 Å². The number of nitrogens with one attached hydrogen (secondary N) is 1. The molecule has 10 heteroatoms. The molecule has 1 saturated carbocycles. The maximum absolute atomic E-state index is 13.8. The summed E-state index contributed by atoms with van der Waals surface area (Å²) in [6, 6.07) is 12.9. The fraction of sp³-hybridized carbons (Fsp3) is 0.481. The van der Waals surface area contributed by atoms with Crippen molar-refractivity contribution in [2.24, 2.45) is 0 Å². The molecule has 2 aromatic carbocycles. The normalized spacial score (nSPS) is 15.0. The molecule has 1 fully saturated rings. The van der Waals surface area contributed by atoms with Gasteiger partial charge in [0, 0.05) is 17.6 Å². The number of methoxy groups -OCH3 is 1. The van der Waals surface area contributed by atoms with E-state index in [9.17, 15) is 18.0 Å². The lowest BCUT2D eigenvalue weighted by molar-refractivity contribution is -0.140. The van der Waals surface area contributed by atoms with Crippen LogP contribution in [0.2, 0.25) is 5.02 Å². The Morgan fingerprint density at radius 1 is 1.08 bits per heavy atom. The number of amides is 2. The molecular formula is C27H36ClN3O5S. The van der Waals surface area contributed by atoms with Crippen molar-refractivity contribution in [3.63, 3.8) is 0 Å². The Labute approximate surface area is 225 Å². The molecule has 1 aliphatic rings. The molecular weight excluding hydrogens is 514 g/mol. The number of nitrogens with zero attached hydrogens (tertiary/aromatic N) is 2. The van der Waals surface area contributed by atoms with Crippen LogP contribution in [0.25, 0.3) is 0 Å². The number of carbonyl (C=O) groups excluding carboxylic acids is 2. The third kappa shape index (κ3) is 7.85. The number of halogens is 1. The summed E-state index contributed by atoms with van der Waals surface area (Å²) in [5.41, 5.74) is 1.01. The zero-order valence-electron chi connectivity index (χ0n) is 21.7. The molecule has 202 valence electrons. The predicted octanol–water partition coefficient (Wildman–Crippen LogP) is 4.37. The van der Waals surface area contributed by atoms with Crippen LogP contribution in [-0.4, -0.2) is 57.1 Å². The van der Waals surface area contributed by atoms with E-state index >= 15 is 0 Å². The molecule has 0 heterocycles. The molecule has 0 aliphatic heterocycles. The average Bonchev–Trinajstić information content (AvgIpc) is 2.88. The molecule has 8 nitrogen and oxygen atoms in total. The minimum absolute atomic E-state index is 0.0787. The van der Waals surface area contributed by atoms with E-state index in [1.165, 1.54) is 12.0 Å². The van der Waals surface area contributed by atoms with E-state index in [0.717, 1.165) is 42.7 Å². The minimum atomic E-state index is -3.80. The number of benzene rings is 2. The number of anilines is 1. The Hall–Kier alpha value is -2.78. The lowest BCUT2D eigenvalue weighted by Crippen LogP contribution is -2.54. The third-order valence-electron chi connectivity index (χ3n) is 6.68. The Morgan fingerprint density at radius 3 is 2.30 bits per heavy atom. The fourth-order valence-corrected chi connectivity index (χ4v) is 5.68. The Bertz CT molecular complexity index is 1170. The second kappa shape index (κ2) is 13.1. The van der Waals surface area contributed by atoms with E-state index in [0.29, 0.717) is 28.4 Å². The zero-order chi connectivity index (χ0) is 27.0. The van der Waals surface area contributed by atoms with E-state index in [1.807, 2.05) is 13.0 Å². The highest BCUT2D eigenvalue weighted by Crippen LogP contribution is 2.24. The zero-order valence-corrected chi connectivity index (χ0v) is 23.2. The molecule has 0 aromatic heterocycles. The smallest absolute Gasteiger partial charge is 0.244 e. The van der Waals surface area contributed by atoms with Gasteiger partial charge in [-0.25, -0.2) is 8.42 Å². The van der Waals surface area contributed by atoms with Crippen LogP contribution >= 0.6 is 11.6 Å². The van der Waals surface area contributed by atoms with Gasteiger partial charge >= 0.3 is 0 Å². The molecule has 0 saturated heterocycles. The number of carbonyl (C=O) groups is 2. The molecule has 1 atom stereocenters. The first kappa shape index (κ1) is 28.8. The molecule has 37 heavy (non-hydrogen) atoms. The predicted molar refractivity (Wildman–Crippen MR) is 146 cm³/mol. The van der Waals surface area contributed by atoms with Gasteiger partial charge in [0.25, 0.3) is 0 Å². The second-order valence-electron chi connectivity index (χ2n) is 9.35. The van der Waals surface area contributed by atoms with Gasteiger partial charge in [0.1, 0.15) is 18.3 Å². The van der Waals surface area contributed by atoms with Crippen molar-refractivity contribution in [1.82, 2.24) is 10.2 Å². The van der Waals surface area contributed by atoms with Crippen molar-refractivity contribution >= 4 is 39.1 Å². The van der Waals surface area contributed by atoms with Gasteiger partial charge in [-0.15, -0.1) is 0 Å². The first-order chi connectivity index (χ1) is 17.6. The molecule has 1 unspecified atom stereocenters. The average molecular weight is 550 g/mol. The van der Waals surface area contributed by atoms with Crippen molar-refractivity contribution in [2.45, 2.75) is 64.1 Å². The lowest BCUT2D eigenvalue weighted by Gasteiger charge is -2.34. The van der Waals surface area contributed by atoms with Crippen LogP contribution in [0.4, 0.5) is 5.69 Å². The van der Waals surface area contributed by atoms with Crippen molar-refractivity contribution in [1.29, 1.82) is 0 Å². The van der Waals surface area contributed by atoms with Crippen LogP contribution in [0.15, 0.2) is 48.5 Å². The maximum Gasteiger partial charge on any atom is 0.244 e. The topological polar surface area (TPSA) is 96.0 Å². The highest BCUT2D eigenvalue weighted by molar-refractivity contribution is 7.92. The van der Waals surface area contributed by atoms with Crippen molar-refractivity contribution in [3.8, 4) is 5.75 Å². The largest absolute Gasteiger partial charge is 0.497 e. The van der Waals surface area contributed by atoms with E-state index in [4.69, 9.17) is 16.3 Å². The summed E-state index contributed by atoms with van der Waals surface area (Å²) in [5.74, 6) is -0.161. The minimum Gasteiger partial charge on any atom is -0.497 e. The van der Waals surface area contributed by atoms with Crippen molar-refractivity contribution in [3.05, 3.63) is 59.1 Å². The van der Waals surface area contributed by atoms with Gasteiger partial charge in [-0.2, -0.15) is 0 Å². The van der Waals surface area contributed by atoms with Crippen molar-refractivity contribution in [2.75, 3.05) is 24.2 Å². The summed E-state index contributed by atoms with van der Waals surface area (Å²) in [4.78, 5) is 28.6. The molecule has 2 aromatic rings. The standard InChI is InChI=1S/C27H36ClN3O5S/c1-4-25(27(33)29-21-11-6-5-7-12-21)30(18-20-10-8-9-13-24(20)28)26(32)19-31(37(3,34)35)22-14-16-23(36-2)17-15-22/h8-10,13-17,21,25H,4-7,11-12,18-19H2,1-3H3,(H,29,33). The molecule has 1 aliphatic carbocycles. The van der Waals surface area contributed by atoms with Crippen LogP contribution in [0.3, 0.4) is 0 Å². The van der Waals surface area contributed by atoms with Crippen molar-refractivity contribution < 1.29 is 22.7 Å². The highest BCUT2D eigenvalue weighted by Gasteiger charge is 2.33. The highest BCUT2D eigenvalue weighted by atomic mass is 35.5. The SMILES string of the molecule is CCC(C(=O)NC1CCCCC1)N(Cc1ccccc1Cl)C(=O)CN(c1ccc(OC)cc1)S(C)(=O)=O. The van der Waals surface area contributed by atoms with Gasteiger partial charge in [0.15, 0.2) is 0 Å². The summed E-state index contributed by atoms with van der Waals surface area (Å²) < 4.78 is 31.6. The van der Waals surface area contributed by atoms with E-state index in [2.05, 4.69) is 5.32 Å². The molecule has 0 radical (unpaired) electrons. The first-order valence-corrected chi connectivity index (χ1v) is 14.8. The molecule has 0 spiro atoms. The van der Waals surface area contributed by atoms with Crippen LogP contribution in [-0.2, 0) is 26.2 Å². The number of ether oxygens (including phenoxy) is 1. The van der Waals surface area contributed by atoms with Crippen LogP contribution in [0, 0.1) is 0 Å². The van der Waals surface area contributed by atoms with E-state index < -0.39 is 28.5 Å².